The number of hydrogen-bond acceptors (Lipinski definition) is 3. The molecule has 154 valence electrons. The van der Waals surface area contributed by atoms with E-state index in [1.807, 2.05) is 6.08 Å². The number of fused-ring (bicyclic) bond motifs is 3. The molecule has 0 spiro atoms. The third-order valence-corrected chi connectivity index (χ3v) is 6.45. The summed E-state index contributed by atoms with van der Waals surface area (Å²) >= 11 is 0. The molecule has 0 saturated heterocycles. The zero-order chi connectivity index (χ0) is 20.5. The van der Waals surface area contributed by atoms with Gasteiger partial charge in [0, 0.05) is 28.7 Å². The van der Waals surface area contributed by atoms with Gasteiger partial charge in [-0.2, -0.15) is 5.10 Å². The van der Waals surface area contributed by atoms with Crippen molar-refractivity contribution in [2.24, 2.45) is 5.10 Å². The SMILES string of the molecule is C=C/C(CCC1CCC2NCCc3c2n1c1ccccc31)=N\Nc1ccc(F)cc1. The van der Waals surface area contributed by atoms with E-state index >= 15 is 0 Å². The number of hydrazone groups is 1. The van der Waals surface area contributed by atoms with E-state index in [1.165, 1.54) is 47.1 Å². The minimum atomic E-state index is -0.249. The first-order valence-electron chi connectivity index (χ1n) is 10.8. The molecular weight excluding hydrogens is 375 g/mol. The number of rotatable bonds is 6. The standard InChI is InChI=1S/C25H27FN4/c1-2-18(28-29-19-9-7-17(26)8-10-19)11-12-20-13-14-23-25-22(15-16-27-23)21-5-3-4-6-24(21)30(20)25/h2-10,20,23,27,29H,1,11-16H2/b28-18+. The molecule has 3 heterocycles. The molecule has 0 saturated carbocycles. The molecule has 2 atom stereocenters. The molecule has 5 rings (SSSR count). The molecule has 0 amide bonds. The lowest BCUT2D eigenvalue weighted by molar-refractivity contribution is 0.315. The quantitative estimate of drug-likeness (QED) is 0.408. The van der Waals surface area contributed by atoms with Crippen LogP contribution in [0.5, 0.6) is 0 Å². The number of benzene rings is 2. The summed E-state index contributed by atoms with van der Waals surface area (Å²) in [6.07, 6.45) is 7.14. The van der Waals surface area contributed by atoms with Gasteiger partial charge in [-0.25, -0.2) is 4.39 Å². The van der Waals surface area contributed by atoms with E-state index in [2.05, 4.69) is 51.3 Å². The fourth-order valence-corrected chi connectivity index (χ4v) is 5.03. The van der Waals surface area contributed by atoms with Crippen LogP contribution in [0.4, 0.5) is 10.1 Å². The van der Waals surface area contributed by atoms with Gasteiger partial charge in [0.05, 0.1) is 11.4 Å². The molecule has 2 aliphatic rings. The first kappa shape index (κ1) is 19.1. The van der Waals surface area contributed by atoms with Crippen molar-refractivity contribution in [3.8, 4) is 0 Å². The van der Waals surface area contributed by atoms with Crippen molar-refractivity contribution in [1.29, 1.82) is 0 Å². The molecule has 2 unspecified atom stereocenters. The van der Waals surface area contributed by atoms with E-state index in [9.17, 15) is 4.39 Å². The van der Waals surface area contributed by atoms with Gasteiger partial charge in [-0.05, 0) is 80.6 Å². The second-order valence-corrected chi connectivity index (χ2v) is 8.20. The average Bonchev–Trinajstić information content (AvgIpc) is 3.13. The van der Waals surface area contributed by atoms with E-state index in [0.29, 0.717) is 12.1 Å². The molecule has 2 aliphatic heterocycles. The van der Waals surface area contributed by atoms with Gasteiger partial charge in [0.25, 0.3) is 0 Å². The molecule has 2 aromatic carbocycles. The monoisotopic (exact) mass is 402 g/mol. The molecular formula is C25H27FN4. The Morgan fingerprint density at radius 1 is 1.20 bits per heavy atom. The van der Waals surface area contributed by atoms with Crippen molar-refractivity contribution < 1.29 is 4.39 Å². The second-order valence-electron chi connectivity index (χ2n) is 8.20. The number of aromatic nitrogens is 1. The largest absolute Gasteiger partial charge is 0.340 e. The van der Waals surface area contributed by atoms with Gasteiger partial charge in [-0.1, -0.05) is 24.8 Å². The Morgan fingerprint density at radius 3 is 2.87 bits per heavy atom. The van der Waals surface area contributed by atoms with Gasteiger partial charge in [-0.15, -0.1) is 0 Å². The topological polar surface area (TPSA) is 41.4 Å². The summed E-state index contributed by atoms with van der Waals surface area (Å²) in [5.41, 5.74) is 9.11. The highest BCUT2D eigenvalue weighted by Crippen LogP contribution is 2.43. The molecule has 3 aromatic rings. The highest BCUT2D eigenvalue weighted by atomic mass is 19.1. The van der Waals surface area contributed by atoms with E-state index in [-0.39, 0.29) is 5.82 Å². The van der Waals surface area contributed by atoms with Crippen LogP contribution in [0.25, 0.3) is 10.9 Å². The molecule has 2 N–H and O–H groups in total. The molecule has 0 bridgehead atoms. The molecule has 1 aromatic heterocycles. The summed E-state index contributed by atoms with van der Waals surface area (Å²) in [7, 11) is 0. The van der Waals surface area contributed by atoms with Gasteiger partial charge >= 0.3 is 0 Å². The van der Waals surface area contributed by atoms with Crippen molar-refractivity contribution >= 4 is 22.3 Å². The number of anilines is 1. The summed E-state index contributed by atoms with van der Waals surface area (Å²) in [5.74, 6) is -0.249. The number of hydrogen-bond donors (Lipinski definition) is 2. The summed E-state index contributed by atoms with van der Waals surface area (Å²) in [6, 6.07) is 16.0. The van der Waals surface area contributed by atoms with E-state index in [4.69, 9.17) is 0 Å². The van der Waals surface area contributed by atoms with Crippen LogP contribution >= 0.6 is 0 Å². The number of para-hydroxylation sites is 1. The molecule has 0 fully saturated rings. The maximum atomic E-state index is 13.1. The fourth-order valence-electron chi connectivity index (χ4n) is 5.03. The predicted molar refractivity (Wildman–Crippen MR) is 122 cm³/mol. The Labute approximate surface area is 176 Å². The van der Waals surface area contributed by atoms with E-state index < -0.39 is 0 Å². The Morgan fingerprint density at radius 2 is 2.03 bits per heavy atom. The fraction of sp³-hybridized carbons (Fsp3) is 0.320. The zero-order valence-electron chi connectivity index (χ0n) is 17.1. The van der Waals surface area contributed by atoms with Crippen molar-refractivity contribution in [1.82, 2.24) is 9.88 Å². The summed E-state index contributed by atoms with van der Waals surface area (Å²) < 4.78 is 15.7. The minimum absolute atomic E-state index is 0.249. The van der Waals surface area contributed by atoms with Gasteiger partial charge in [0.2, 0.25) is 0 Å². The second kappa shape index (κ2) is 8.07. The van der Waals surface area contributed by atoms with Crippen LogP contribution < -0.4 is 10.7 Å². The Bertz CT molecular complexity index is 1100. The number of allylic oxidation sites excluding steroid dienone is 1. The minimum Gasteiger partial charge on any atom is -0.340 e. The van der Waals surface area contributed by atoms with E-state index in [1.54, 1.807) is 12.1 Å². The molecule has 0 aliphatic carbocycles. The van der Waals surface area contributed by atoms with Crippen LogP contribution in [-0.4, -0.2) is 16.8 Å². The maximum absolute atomic E-state index is 13.1. The Hall–Kier alpha value is -2.92. The van der Waals surface area contributed by atoms with Crippen LogP contribution in [0.2, 0.25) is 0 Å². The van der Waals surface area contributed by atoms with Crippen molar-refractivity contribution in [3.05, 3.63) is 78.3 Å². The normalized spacial score (nSPS) is 20.8. The molecule has 0 radical (unpaired) electrons. The zero-order valence-corrected chi connectivity index (χ0v) is 17.1. The smallest absolute Gasteiger partial charge is 0.123 e. The van der Waals surface area contributed by atoms with Crippen LogP contribution in [0.15, 0.2) is 66.3 Å². The Kier molecular flexibility index (Phi) is 5.13. The molecule has 5 heteroatoms. The molecule has 30 heavy (non-hydrogen) atoms. The molecule has 4 nitrogen and oxygen atoms in total. The van der Waals surface area contributed by atoms with Crippen LogP contribution in [0.3, 0.4) is 0 Å². The van der Waals surface area contributed by atoms with Crippen LogP contribution in [0.1, 0.15) is 49.0 Å². The summed E-state index contributed by atoms with van der Waals surface area (Å²) in [5, 5.41) is 9.63. The maximum Gasteiger partial charge on any atom is 0.123 e. The first-order valence-corrected chi connectivity index (χ1v) is 10.8. The highest BCUT2D eigenvalue weighted by Gasteiger charge is 2.33. The number of nitrogens with zero attached hydrogens (tertiary/aromatic N) is 2. The lowest BCUT2D eigenvalue weighted by Gasteiger charge is -2.36. The summed E-state index contributed by atoms with van der Waals surface area (Å²) in [6.45, 7) is 5.00. The van der Waals surface area contributed by atoms with Gasteiger partial charge in [0.1, 0.15) is 5.82 Å². The van der Waals surface area contributed by atoms with Gasteiger partial charge < -0.3 is 9.88 Å². The number of nitrogens with one attached hydrogen (secondary N) is 2. The lowest BCUT2D eigenvalue weighted by Crippen LogP contribution is -2.35. The average molecular weight is 403 g/mol. The lowest BCUT2D eigenvalue weighted by atomic mass is 9.90. The first-order chi connectivity index (χ1) is 14.7. The van der Waals surface area contributed by atoms with Crippen LogP contribution in [0, 0.1) is 5.82 Å². The third-order valence-electron chi connectivity index (χ3n) is 6.45. The van der Waals surface area contributed by atoms with Gasteiger partial charge in [-0.3, -0.25) is 5.43 Å². The Balaban J connectivity index is 1.37. The van der Waals surface area contributed by atoms with Crippen LogP contribution in [-0.2, 0) is 6.42 Å². The van der Waals surface area contributed by atoms with Crippen molar-refractivity contribution in [2.45, 2.75) is 44.2 Å². The highest BCUT2D eigenvalue weighted by molar-refractivity contribution is 5.95. The predicted octanol–water partition coefficient (Wildman–Crippen LogP) is 5.74. The van der Waals surface area contributed by atoms with E-state index in [0.717, 1.165) is 37.2 Å². The van der Waals surface area contributed by atoms with Crippen molar-refractivity contribution in [3.63, 3.8) is 0 Å². The van der Waals surface area contributed by atoms with Crippen molar-refractivity contribution in [2.75, 3.05) is 12.0 Å². The third kappa shape index (κ3) is 3.43. The van der Waals surface area contributed by atoms with Gasteiger partial charge in [0.15, 0.2) is 0 Å². The summed E-state index contributed by atoms with van der Waals surface area (Å²) in [4.78, 5) is 0. The number of halogens is 1.